The van der Waals surface area contributed by atoms with Crippen molar-refractivity contribution in [3.63, 3.8) is 0 Å². The zero-order valence-electron chi connectivity index (χ0n) is 21.5. The van der Waals surface area contributed by atoms with Crippen molar-refractivity contribution in [3.8, 4) is 0 Å². The second kappa shape index (κ2) is 10.8. The molecule has 0 bridgehead atoms. The lowest BCUT2D eigenvalue weighted by molar-refractivity contribution is 0.770. The third-order valence-corrected chi connectivity index (χ3v) is 7.33. The van der Waals surface area contributed by atoms with Gasteiger partial charge in [0.05, 0.1) is 0 Å². The van der Waals surface area contributed by atoms with Crippen LogP contribution in [0.1, 0.15) is 83.0 Å². The quantitative estimate of drug-likeness (QED) is 0.260. The van der Waals surface area contributed by atoms with E-state index in [1.54, 1.807) is 0 Å². The van der Waals surface area contributed by atoms with E-state index in [0.717, 1.165) is 30.6 Å². The highest BCUT2D eigenvalue weighted by Crippen LogP contribution is 2.33. The lowest BCUT2D eigenvalue weighted by Crippen LogP contribution is -2.04. The Labute approximate surface area is 211 Å². The Morgan fingerprint density at radius 1 is 0.543 bits per heavy atom. The van der Waals surface area contributed by atoms with Crippen molar-refractivity contribution in [1.29, 1.82) is 0 Å². The van der Waals surface area contributed by atoms with Crippen LogP contribution >= 0.6 is 0 Å². The minimum absolute atomic E-state index is 0.395. The molecule has 35 heavy (non-hydrogen) atoms. The van der Waals surface area contributed by atoms with Crippen molar-refractivity contribution in [3.05, 3.63) is 129 Å². The van der Waals surface area contributed by atoms with Crippen molar-refractivity contribution in [2.45, 2.75) is 58.8 Å². The van der Waals surface area contributed by atoms with Crippen LogP contribution in [0.15, 0.2) is 84.9 Å². The first-order chi connectivity index (χ1) is 16.9. The maximum atomic E-state index is 5.97. The predicted molar refractivity (Wildman–Crippen MR) is 151 cm³/mol. The Morgan fingerprint density at radius 2 is 0.914 bits per heavy atom. The number of benzene rings is 4. The van der Waals surface area contributed by atoms with Gasteiger partial charge in [-0.15, -0.1) is 0 Å². The molecule has 0 radical (unpaired) electrons. The van der Waals surface area contributed by atoms with Crippen LogP contribution in [0, 0.1) is 13.8 Å². The summed E-state index contributed by atoms with van der Waals surface area (Å²) in [6, 6.07) is 30.9. The maximum Gasteiger partial charge on any atom is 0.0316 e. The van der Waals surface area contributed by atoms with Gasteiger partial charge in [-0.2, -0.15) is 0 Å². The topological polar surface area (TPSA) is 52.0 Å². The molecule has 2 nitrogen and oxygen atoms in total. The number of nitrogens with two attached hydrogens (primary N) is 2. The molecule has 4 aromatic rings. The summed E-state index contributed by atoms with van der Waals surface area (Å²) < 4.78 is 0. The molecule has 0 spiro atoms. The van der Waals surface area contributed by atoms with Gasteiger partial charge in [0.2, 0.25) is 0 Å². The van der Waals surface area contributed by atoms with Gasteiger partial charge in [0.1, 0.15) is 0 Å². The van der Waals surface area contributed by atoms with Gasteiger partial charge < -0.3 is 11.5 Å². The Hall–Kier alpha value is -3.52. The molecule has 2 unspecified atom stereocenters. The summed E-state index contributed by atoms with van der Waals surface area (Å²) in [4.78, 5) is 0. The van der Waals surface area contributed by atoms with Crippen LogP contribution in [0.3, 0.4) is 0 Å². The first kappa shape index (κ1) is 24.6. The molecule has 2 heteroatoms. The molecule has 0 aliphatic heterocycles. The first-order valence-electron chi connectivity index (χ1n) is 12.8. The Morgan fingerprint density at radius 3 is 1.23 bits per heavy atom. The van der Waals surface area contributed by atoms with Crippen molar-refractivity contribution < 1.29 is 0 Å². The molecule has 2 atom stereocenters. The Balaban J connectivity index is 1.49. The molecule has 0 heterocycles. The lowest BCUT2D eigenvalue weighted by Gasteiger charge is -2.20. The average molecular weight is 463 g/mol. The van der Waals surface area contributed by atoms with E-state index in [4.69, 9.17) is 11.5 Å². The van der Waals surface area contributed by atoms with Gasteiger partial charge in [0.15, 0.2) is 0 Å². The molecule has 4 rings (SSSR count). The summed E-state index contributed by atoms with van der Waals surface area (Å²) in [5.41, 5.74) is 24.3. The van der Waals surface area contributed by atoms with Gasteiger partial charge in [-0.25, -0.2) is 0 Å². The third-order valence-electron chi connectivity index (χ3n) is 7.33. The van der Waals surface area contributed by atoms with E-state index in [0.29, 0.717) is 11.8 Å². The minimum atomic E-state index is 0.395. The van der Waals surface area contributed by atoms with Gasteiger partial charge in [-0.05, 0) is 102 Å². The number of nitrogen functional groups attached to an aromatic ring is 2. The van der Waals surface area contributed by atoms with E-state index in [2.05, 4.69) is 100 Å². The third kappa shape index (κ3) is 5.59. The van der Waals surface area contributed by atoms with Crippen LogP contribution in [0.4, 0.5) is 11.4 Å². The summed E-state index contributed by atoms with van der Waals surface area (Å²) in [6.07, 6.45) is 3.07. The Kier molecular flexibility index (Phi) is 7.60. The van der Waals surface area contributed by atoms with E-state index in [-0.39, 0.29) is 0 Å². The lowest BCUT2D eigenvalue weighted by atomic mass is 9.85. The summed E-state index contributed by atoms with van der Waals surface area (Å²) in [6.45, 7) is 8.82. The highest BCUT2D eigenvalue weighted by atomic mass is 14.5. The van der Waals surface area contributed by atoms with Crippen LogP contribution in [-0.2, 0) is 6.42 Å². The van der Waals surface area contributed by atoms with Gasteiger partial charge >= 0.3 is 0 Å². The number of anilines is 2. The molecular weight excluding hydrogens is 424 g/mol. The van der Waals surface area contributed by atoms with E-state index < -0.39 is 0 Å². The van der Waals surface area contributed by atoms with Crippen LogP contribution < -0.4 is 11.5 Å². The van der Waals surface area contributed by atoms with Crippen LogP contribution in [0.2, 0.25) is 0 Å². The zero-order chi connectivity index (χ0) is 24.9. The van der Waals surface area contributed by atoms with Gasteiger partial charge in [0.25, 0.3) is 0 Å². The fourth-order valence-electron chi connectivity index (χ4n) is 5.42. The fourth-order valence-corrected chi connectivity index (χ4v) is 5.42. The van der Waals surface area contributed by atoms with Gasteiger partial charge in [-0.3, -0.25) is 0 Å². The van der Waals surface area contributed by atoms with E-state index in [9.17, 15) is 0 Å². The molecule has 0 aromatic heterocycles. The highest BCUT2D eigenvalue weighted by molar-refractivity contribution is 5.49. The number of rotatable bonds is 8. The first-order valence-corrected chi connectivity index (χ1v) is 12.8. The SMILES string of the molecule is CCC(c1ccc(Cc2ccc(C(CC)c3ccc(N)cc3C)cc2)cc1)c1ccc(N)cc1C. The smallest absolute Gasteiger partial charge is 0.0316 e. The molecule has 0 saturated heterocycles. The number of hydrogen-bond acceptors (Lipinski definition) is 2. The molecule has 0 saturated carbocycles. The monoisotopic (exact) mass is 462 g/mol. The standard InChI is InChI=1S/C33H38N2/c1-5-30(32-17-15-28(34)19-22(32)3)26-11-7-24(8-12-26)21-25-9-13-27(14-10-25)31(6-2)33-18-16-29(35)20-23(33)4/h7-20,30-31H,5-6,21,34-35H2,1-4H3. The number of aryl methyl sites for hydroxylation is 2. The molecule has 4 aromatic carbocycles. The maximum absolute atomic E-state index is 5.97. The number of hydrogen-bond donors (Lipinski definition) is 2. The second-order valence-corrected chi connectivity index (χ2v) is 9.81. The predicted octanol–water partition coefficient (Wildman–Crippen LogP) is 8.14. The highest BCUT2D eigenvalue weighted by Gasteiger charge is 2.16. The average Bonchev–Trinajstić information content (AvgIpc) is 2.84. The van der Waals surface area contributed by atoms with Crippen molar-refractivity contribution in [2.24, 2.45) is 0 Å². The molecule has 0 fully saturated rings. The van der Waals surface area contributed by atoms with E-state index in [1.165, 1.54) is 44.5 Å². The minimum Gasteiger partial charge on any atom is -0.399 e. The summed E-state index contributed by atoms with van der Waals surface area (Å²) in [7, 11) is 0. The molecule has 0 aliphatic carbocycles. The fraction of sp³-hybridized carbons (Fsp3) is 0.273. The van der Waals surface area contributed by atoms with Gasteiger partial charge in [0, 0.05) is 23.2 Å². The van der Waals surface area contributed by atoms with E-state index >= 15 is 0 Å². The van der Waals surface area contributed by atoms with Crippen molar-refractivity contribution in [2.75, 3.05) is 11.5 Å². The second-order valence-electron chi connectivity index (χ2n) is 9.81. The molecular formula is C33H38N2. The van der Waals surface area contributed by atoms with Gasteiger partial charge in [-0.1, -0.05) is 74.5 Å². The summed E-state index contributed by atoms with van der Waals surface area (Å²) >= 11 is 0. The van der Waals surface area contributed by atoms with Crippen LogP contribution in [0.5, 0.6) is 0 Å². The molecule has 4 N–H and O–H groups in total. The van der Waals surface area contributed by atoms with Crippen LogP contribution in [0.25, 0.3) is 0 Å². The Bertz CT molecular complexity index is 1170. The van der Waals surface area contributed by atoms with Crippen LogP contribution in [-0.4, -0.2) is 0 Å². The molecule has 0 aliphatic rings. The van der Waals surface area contributed by atoms with Crippen molar-refractivity contribution in [1.82, 2.24) is 0 Å². The molecule has 0 amide bonds. The zero-order valence-corrected chi connectivity index (χ0v) is 21.5. The normalized spacial score (nSPS) is 12.9. The molecule has 180 valence electrons. The summed E-state index contributed by atoms with van der Waals surface area (Å²) in [5, 5.41) is 0. The summed E-state index contributed by atoms with van der Waals surface area (Å²) in [5.74, 6) is 0.790. The van der Waals surface area contributed by atoms with Crippen molar-refractivity contribution >= 4 is 11.4 Å². The largest absolute Gasteiger partial charge is 0.399 e. The van der Waals surface area contributed by atoms with E-state index in [1.807, 2.05) is 12.1 Å².